The zero-order chi connectivity index (χ0) is 9.14. The van der Waals surface area contributed by atoms with E-state index in [1.807, 2.05) is 3.33 Å². The van der Waals surface area contributed by atoms with Gasteiger partial charge in [-0.2, -0.15) is 0 Å². The summed E-state index contributed by atoms with van der Waals surface area (Å²) in [4.78, 5) is 0. The summed E-state index contributed by atoms with van der Waals surface area (Å²) >= 11 is 0.747. The summed E-state index contributed by atoms with van der Waals surface area (Å²) in [5.41, 5.74) is 5.20. The van der Waals surface area contributed by atoms with Crippen LogP contribution in [-0.2, 0) is 0 Å². The first-order valence-electron chi connectivity index (χ1n) is 5.14. The van der Waals surface area contributed by atoms with Crippen LogP contribution in [0.3, 0.4) is 0 Å². The molecule has 0 spiro atoms. The van der Waals surface area contributed by atoms with E-state index < -0.39 is 0 Å². The number of allylic oxidation sites excluding steroid dienone is 4. The van der Waals surface area contributed by atoms with Crippen LogP contribution in [0.25, 0.3) is 0 Å². The third kappa shape index (κ3) is 1.81. The summed E-state index contributed by atoms with van der Waals surface area (Å²) < 4.78 is 1.83. The van der Waals surface area contributed by atoms with Crippen LogP contribution in [0, 0.1) is 0 Å². The molecular weight excluding hydrogens is 247 g/mol. The van der Waals surface area contributed by atoms with Gasteiger partial charge in [0.2, 0.25) is 0 Å². The normalized spacial score (nSPS) is 17.9. The first-order valence-corrected chi connectivity index (χ1v) is 7.99. The van der Waals surface area contributed by atoms with Crippen molar-refractivity contribution in [3.63, 3.8) is 0 Å². The molecule has 0 radical (unpaired) electrons. The predicted octanol–water partition coefficient (Wildman–Crippen LogP) is 2.80. The molecule has 1 rings (SSSR count). The van der Waals surface area contributed by atoms with Crippen molar-refractivity contribution in [2.75, 3.05) is 0 Å². The fraction of sp³-hybridized carbons (Fsp3) is 0.636. The third-order valence-corrected chi connectivity index (χ3v) is 5.65. The second-order valence-corrected chi connectivity index (χ2v) is 7.02. The van der Waals surface area contributed by atoms with Crippen LogP contribution in [0.15, 0.2) is 20.0 Å². The van der Waals surface area contributed by atoms with Gasteiger partial charge in [0.05, 0.1) is 0 Å². The van der Waals surface area contributed by atoms with E-state index in [1.165, 1.54) is 25.7 Å². The second-order valence-electron chi connectivity index (χ2n) is 3.58. The maximum absolute atomic E-state index is 2.30. The fourth-order valence-corrected chi connectivity index (χ4v) is 5.41. The summed E-state index contributed by atoms with van der Waals surface area (Å²) in [6.45, 7) is 6.90. The van der Waals surface area contributed by atoms with Gasteiger partial charge in [0.15, 0.2) is 0 Å². The van der Waals surface area contributed by atoms with Gasteiger partial charge in [-0.3, -0.25) is 0 Å². The Kier molecular flexibility index (Phi) is 3.95. The zero-order valence-electron chi connectivity index (χ0n) is 8.83. The number of rotatable bonds is 3. The Morgan fingerprint density at radius 3 is 2.00 bits per heavy atom. The molecule has 1 aliphatic rings. The Hall–Kier alpha value is 0.350. The van der Waals surface area contributed by atoms with Gasteiger partial charge >= 0.3 is 90.9 Å². The maximum atomic E-state index is 2.30. The van der Waals surface area contributed by atoms with Gasteiger partial charge in [0.1, 0.15) is 0 Å². The van der Waals surface area contributed by atoms with Gasteiger partial charge in [-0.15, -0.1) is 0 Å². The van der Waals surface area contributed by atoms with Crippen molar-refractivity contribution in [3.05, 3.63) is 20.0 Å². The fourth-order valence-electron chi connectivity index (χ4n) is 2.32. The molecule has 0 unspecified atom stereocenters. The molecule has 0 saturated carbocycles. The first kappa shape index (κ1) is 10.4. The van der Waals surface area contributed by atoms with Crippen molar-refractivity contribution in [1.82, 2.24) is 0 Å². The number of hydrogen-bond donors (Lipinski definition) is 0. The first-order chi connectivity index (χ1) is 5.74. The van der Waals surface area contributed by atoms with E-state index in [1.54, 1.807) is 16.7 Å². The molecule has 1 aliphatic carbocycles. The van der Waals surface area contributed by atoms with Gasteiger partial charge in [0.25, 0.3) is 0 Å². The van der Waals surface area contributed by atoms with Crippen molar-refractivity contribution in [2.24, 2.45) is 0 Å². The standard InChI is InChI=1S/C11H17.In.2H/c1-4-9-7-8-10(5-2)11(9)6-3;;;/h4-7H2,1-3H3;;;. The minimum absolute atomic E-state index is 0.747. The van der Waals surface area contributed by atoms with Crippen LogP contribution in [-0.4, -0.2) is 24.4 Å². The summed E-state index contributed by atoms with van der Waals surface area (Å²) in [5, 5.41) is 0. The van der Waals surface area contributed by atoms with Crippen LogP contribution in [0.5, 0.6) is 0 Å². The molecule has 12 heavy (non-hydrogen) atoms. The van der Waals surface area contributed by atoms with E-state index in [0.29, 0.717) is 0 Å². The molecule has 0 aromatic heterocycles. The monoisotopic (exact) mass is 266 g/mol. The molecule has 0 fully saturated rings. The van der Waals surface area contributed by atoms with Gasteiger partial charge in [0, 0.05) is 0 Å². The Balaban J connectivity index is 2.94. The molecule has 0 N–H and O–H groups in total. The zero-order valence-corrected chi connectivity index (χ0v) is 14.5. The van der Waals surface area contributed by atoms with E-state index in [0.717, 1.165) is 24.4 Å². The molecule has 0 saturated heterocycles. The molecule has 0 aliphatic heterocycles. The molecular formula is C11H19In. The molecule has 1 heteroatoms. The van der Waals surface area contributed by atoms with E-state index >= 15 is 0 Å². The van der Waals surface area contributed by atoms with Gasteiger partial charge < -0.3 is 0 Å². The molecule has 0 aromatic carbocycles. The topological polar surface area (TPSA) is 0 Å². The molecule has 0 bridgehead atoms. The van der Waals surface area contributed by atoms with Gasteiger partial charge in [-0.1, -0.05) is 0 Å². The van der Waals surface area contributed by atoms with Crippen molar-refractivity contribution >= 4 is 24.4 Å². The Morgan fingerprint density at radius 2 is 1.58 bits per heavy atom. The van der Waals surface area contributed by atoms with E-state index in [-0.39, 0.29) is 0 Å². The van der Waals surface area contributed by atoms with Crippen molar-refractivity contribution in [2.45, 2.75) is 46.5 Å². The molecule has 0 heterocycles. The Bertz CT molecular complexity index is 233. The van der Waals surface area contributed by atoms with Crippen LogP contribution in [0.4, 0.5) is 0 Å². The molecule has 0 nitrogen and oxygen atoms in total. The van der Waals surface area contributed by atoms with Crippen LogP contribution in [0.2, 0.25) is 0 Å². The second kappa shape index (κ2) is 4.55. The average Bonchev–Trinajstić information content (AvgIpc) is 2.40. The summed E-state index contributed by atoms with van der Waals surface area (Å²) in [7, 11) is 0. The van der Waals surface area contributed by atoms with Crippen LogP contribution < -0.4 is 0 Å². The molecule has 0 amide bonds. The Labute approximate surface area is 90.7 Å². The predicted molar refractivity (Wildman–Crippen MR) is 58.1 cm³/mol. The number of hydrogen-bond acceptors (Lipinski definition) is 0. The van der Waals surface area contributed by atoms with Crippen LogP contribution in [0.1, 0.15) is 46.5 Å². The SMILES string of the molecule is CCC1=C(CC)C(CC)=[C]([InH2])C1. The van der Waals surface area contributed by atoms with Crippen LogP contribution >= 0.6 is 0 Å². The van der Waals surface area contributed by atoms with Crippen molar-refractivity contribution in [1.29, 1.82) is 0 Å². The van der Waals surface area contributed by atoms with E-state index in [2.05, 4.69) is 20.8 Å². The summed E-state index contributed by atoms with van der Waals surface area (Å²) in [6, 6.07) is 0. The van der Waals surface area contributed by atoms with Crippen molar-refractivity contribution in [3.8, 4) is 0 Å². The quantitative estimate of drug-likeness (QED) is 0.736. The summed E-state index contributed by atoms with van der Waals surface area (Å²) in [5.74, 6) is 0. The molecule has 0 aromatic rings. The van der Waals surface area contributed by atoms with E-state index in [4.69, 9.17) is 0 Å². The van der Waals surface area contributed by atoms with E-state index in [9.17, 15) is 0 Å². The Morgan fingerprint density at radius 1 is 1.00 bits per heavy atom. The minimum atomic E-state index is 0.747. The molecule has 66 valence electrons. The third-order valence-electron chi connectivity index (χ3n) is 2.92. The van der Waals surface area contributed by atoms with Gasteiger partial charge in [-0.05, 0) is 0 Å². The van der Waals surface area contributed by atoms with Gasteiger partial charge in [-0.25, -0.2) is 0 Å². The van der Waals surface area contributed by atoms with Crippen molar-refractivity contribution < 1.29 is 0 Å². The average molecular weight is 266 g/mol. The summed E-state index contributed by atoms with van der Waals surface area (Å²) in [6.07, 6.45) is 5.15. The molecule has 0 atom stereocenters.